The van der Waals surface area contributed by atoms with E-state index in [0.29, 0.717) is 12.0 Å². The number of anilines is 1. The molecule has 0 amide bonds. The van der Waals surface area contributed by atoms with Crippen LogP contribution in [0.5, 0.6) is 0 Å². The Hall–Kier alpha value is -1.51. The highest BCUT2D eigenvalue weighted by atomic mass is 16.3. The Labute approximate surface area is 126 Å². The number of nitrogens with zero attached hydrogens (tertiary/aromatic N) is 1. The number of oxazole rings is 1. The fourth-order valence-corrected chi connectivity index (χ4v) is 3.64. The molecular formula is C18H24N2O. The molecule has 0 bridgehead atoms. The summed E-state index contributed by atoms with van der Waals surface area (Å²) in [5.41, 5.74) is 3.13. The van der Waals surface area contributed by atoms with Gasteiger partial charge in [0.2, 0.25) is 0 Å². The van der Waals surface area contributed by atoms with E-state index in [9.17, 15) is 0 Å². The largest absolute Gasteiger partial charge is 0.440 e. The Morgan fingerprint density at radius 2 is 2.05 bits per heavy atom. The molecule has 1 aromatic heterocycles. The summed E-state index contributed by atoms with van der Waals surface area (Å²) >= 11 is 0. The third-order valence-corrected chi connectivity index (χ3v) is 5.12. The molecule has 2 saturated carbocycles. The van der Waals surface area contributed by atoms with E-state index >= 15 is 0 Å². The Bertz CT molecular complexity index is 629. The van der Waals surface area contributed by atoms with E-state index < -0.39 is 0 Å². The van der Waals surface area contributed by atoms with Crippen LogP contribution in [0.25, 0.3) is 11.1 Å². The highest BCUT2D eigenvalue weighted by Gasteiger charge is 2.29. The van der Waals surface area contributed by atoms with Crippen LogP contribution in [0.3, 0.4) is 0 Å². The second kappa shape index (κ2) is 5.36. The lowest BCUT2D eigenvalue weighted by atomic mass is 9.83. The lowest BCUT2D eigenvalue weighted by Gasteiger charge is -2.32. The standard InChI is InChI=1S/C18H24N2O/c1-2-12-5-3-4-6-15(12)19-14-9-10-17-16(11-14)20-18(21-17)13-7-8-13/h9-13,15,19H,2-8H2,1H3. The molecule has 1 aromatic carbocycles. The van der Waals surface area contributed by atoms with E-state index in [-0.39, 0.29) is 0 Å². The Kier molecular flexibility index (Phi) is 3.36. The minimum Gasteiger partial charge on any atom is -0.440 e. The van der Waals surface area contributed by atoms with Crippen LogP contribution in [-0.2, 0) is 0 Å². The van der Waals surface area contributed by atoms with Gasteiger partial charge in [0.05, 0.1) is 0 Å². The number of fused-ring (bicyclic) bond motifs is 1. The van der Waals surface area contributed by atoms with Crippen molar-refractivity contribution in [3.63, 3.8) is 0 Å². The van der Waals surface area contributed by atoms with Gasteiger partial charge in [-0.25, -0.2) is 4.98 Å². The van der Waals surface area contributed by atoms with Crippen LogP contribution in [0.2, 0.25) is 0 Å². The Morgan fingerprint density at radius 3 is 2.86 bits per heavy atom. The average molecular weight is 284 g/mol. The molecule has 3 heteroatoms. The highest BCUT2D eigenvalue weighted by Crippen LogP contribution is 2.40. The first-order valence-electron chi connectivity index (χ1n) is 8.50. The molecule has 0 radical (unpaired) electrons. The monoisotopic (exact) mass is 284 g/mol. The fraction of sp³-hybridized carbons (Fsp3) is 0.611. The molecule has 0 saturated heterocycles. The van der Waals surface area contributed by atoms with Crippen LogP contribution in [-0.4, -0.2) is 11.0 Å². The van der Waals surface area contributed by atoms with Gasteiger partial charge in [0.1, 0.15) is 5.52 Å². The molecule has 2 aliphatic rings. The maximum absolute atomic E-state index is 5.84. The topological polar surface area (TPSA) is 38.1 Å². The zero-order chi connectivity index (χ0) is 14.2. The van der Waals surface area contributed by atoms with Crippen LogP contribution in [0.4, 0.5) is 5.69 Å². The van der Waals surface area contributed by atoms with E-state index in [0.717, 1.165) is 22.9 Å². The summed E-state index contributed by atoms with van der Waals surface area (Å²) in [5.74, 6) is 2.33. The molecule has 4 rings (SSSR count). The molecular weight excluding hydrogens is 260 g/mol. The van der Waals surface area contributed by atoms with Gasteiger partial charge in [0.15, 0.2) is 11.5 Å². The number of benzene rings is 1. The van der Waals surface area contributed by atoms with Crippen molar-refractivity contribution in [2.75, 3.05) is 5.32 Å². The van der Waals surface area contributed by atoms with Crippen molar-refractivity contribution in [1.29, 1.82) is 0 Å². The van der Waals surface area contributed by atoms with Gasteiger partial charge in [-0.15, -0.1) is 0 Å². The zero-order valence-electron chi connectivity index (χ0n) is 12.8. The number of nitrogens with one attached hydrogen (secondary N) is 1. The number of hydrogen-bond donors (Lipinski definition) is 1. The van der Waals surface area contributed by atoms with Gasteiger partial charge in [-0.3, -0.25) is 0 Å². The number of rotatable bonds is 4. The quantitative estimate of drug-likeness (QED) is 0.850. The summed E-state index contributed by atoms with van der Waals surface area (Å²) in [6.07, 6.45) is 9.15. The molecule has 2 atom stereocenters. The van der Waals surface area contributed by atoms with Gasteiger partial charge in [0, 0.05) is 17.6 Å². The van der Waals surface area contributed by atoms with Crippen molar-refractivity contribution in [1.82, 2.24) is 4.98 Å². The zero-order valence-corrected chi connectivity index (χ0v) is 12.8. The first kappa shape index (κ1) is 13.2. The summed E-state index contributed by atoms with van der Waals surface area (Å²) in [7, 11) is 0. The highest BCUT2D eigenvalue weighted by molar-refractivity contribution is 5.77. The molecule has 2 unspecified atom stereocenters. The van der Waals surface area contributed by atoms with Crippen LogP contribution in [0, 0.1) is 5.92 Å². The number of aromatic nitrogens is 1. The van der Waals surface area contributed by atoms with Crippen molar-refractivity contribution in [2.24, 2.45) is 5.92 Å². The molecule has 1 heterocycles. The Balaban J connectivity index is 1.55. The smallest absolute Gasteiger partial charge is 0.198 e. The summed E-state index contributed by atoms with van der Waals surface area (Å²) in [4.78, 5) is 4.66. The first-order valence-corrected chi connectivity index (χ1v) is 8.50. The maximum Gasteiger partial charge on any atom is 0.198 e. The molecule has 112 valence electrons. The third-order valence-electron chi connectivity index (χ3n) is 5.12. The van der Waals surface area contributed by atoms with Crippen LogP contribution < -0.4 is 5.32 Å². The lowest BCUT2D eigenvalue weighted by Crippen LogP contribution is -2.31. The van der Waals surface area contributed by atoms with E-state index in [4.69, 9.17) is 4.42 Å². The SMILES string of the molecule is CCC1CCCCC1Nc1ccc2oc(C3CC3)nc2c1. The molecule has 3 nitrogen and oxygen atoms in total. The minimum atomic E-state index is 0.580. The van der Waals surface area contributed by atoms with Gasteiger partial charge >= 0.3 is 0 Å². The number of hydrogen-bond acceptors (Lipinski definition) is 3. The van der Waals surface area contributed by atoms with Crippen molar-refractivity contribution >= 4 is 16.8 Å². The predicted molar refractivity (Wildman–Crippen MR) is 85.6 cm³/mol. The molecule has 0 spiro atoms. The van der Waals surface area contributed by atoms with Gasteiger partial charge in [0.25, 0.3) is 0 Å². The molecule has 2 fully saturated rings. The minimum absolute atomic E-state index is 0.580. The van der Waals surface area contributed by atoms with Crippen LogP contribution >= 0.6 is 0 Å². The van der Waals surface area contributed by atoms with Crippen LogP contribution in [0.15, 0.2) is 22.6 Å². The molecule has 21 heavy (non-hydrogen) atoms. The first-order chi connectivity index (χ1) is 10.3. The van der Waals surface area contributed by atoms with E-state index in [1.165, 1.54) is 50.6 Å². The van der Waals surface area contributed by atoms with E-state index in [1.54, 1.807) is 0 Å². The Morgan fingerprint density at radius 1 is 1.19 bits per heavy atom. The van der Waals surface area contributed by atoms with Crippen molar-refractivity contribution < 1.29 is 4.42 Å². The second-order valence-corrected chi connectivity index (χ2v) is 6.71. The third kappa shape index (κ3) is 2.66. The van der Waals surface area contributed by atoms with Gasteiger partial charge in [-0.2, -0.15) is 0 Å². The van der Waals surface area contributed by atoms with E-state index in [1.807, 2.05) is 0 Å². The second-order valence-electron chi connectivity index (χ2n) is 6.71. The lowest BCUT2D eigenvalue weighted by molar-refractivity contribution is 0.317. The van der Waals surface area contributed by atoms with Gasteiger partial charge in [-0.1, -0.05) is 26.2 Å². The fourth-order valence-electron chi connectivity index (χ4n) is 3.64. The van der Waals surface area contributed by atoms with Gasteiger partial charge < -0.3 is 9.73 Å². The summed E-state index contributed by atoms with van der Waals surface area (Å²) in [5, 5.41) is 3.75. The normalized spacial score (nSPS) is 26.1. The van der Waals surface area contributed by atoms with E-state index in [2.05, 4.69) is 35.4 Å². The summed E-state index contributed by atoms with van der Waals surface area (Å²) < 4.78 is 5.84. The average Bonchev–Trinajstić information content (AvgIpc) is 3.28. The molecule has 0 aliphatic heterocycles. The molecule has 2 aromatic rings. The predicted octanol–water partition coefficient (Wildman–Crippen LogP) is 5.09. The van der Waals surface area contributed by atoms with Crippen molar-refractivity contribution in [2.45, 2.75) is 63.8 Å². The summed E-state index contributed by atoms with van der Waals surface area (Å²) in [6, 6.07) is 6.99. The molecule has 1 N–H and O–H groups in total. The summed E-state index contributed by atoms with van der Waals surface area (Å²) in [6.45, 7) is 2.31. The van der Waals surface area contributed by atoms with Crippen LogP contribution in [0.1, 0.15) is 63.7 Å². The van der Waals surface area contributed by atoms with Crippen molar-refractivity contribution in [3.8, 4) is 0 Å². The molecule has 2 aliphatic carbocycles. The van der Waals surface area contributed by atoms with Gasteiger partial charge in [-0.05, 0) is 49.8 Å². The maximum atomic E-state index is 5.84. The van der Waals surface area contributed by atoms with Crippen molar-refractivity contribution in [3.05, 3.63) is 24.1 Å².